The van der Waals surface area contributed by atoms with Crippen LogP contribution in [0.5, 0.6) is 0 Å². The van der Waals surface area contributed by atoms with Gasteiger partial charge < -0.3 is 0 Å². The number of carbonyl (C=O) groups is 1. The fourth-order valence-electron chi connectivity index (χ4n) is 1.31. The Morgan fingerprint density at radius 1 is 1.19 bits per heavy atom. The van der Waals surface area contributed by atoms with E-state index in [2.05, 4.69) is 10.2 Å². The lowest BCUT2D eigenvalue weighted by Gasteiger charge is -2.09. The van der Waals surface area contributed by atoms with Gasteiger partial charge in [0.2, 0.25) is 0 Å². The number of hydroxylamine groups is 2. The summed E-state index contributed by atoms with van der Waals surface area (Å²) < 4.78 is 0. The predicted molar refractivity (Wildman–Crippen MR) is 57.2 cm³/mol. The molecule has 82 valence electrons. The Labute approximate surface area is 92.7 Å². The fraction of sp³-hybridized carbons (Fsp3) is 0.182. The lowest BCUT2D eigenvalue weighted by molar-refractivity contribution is -0.118. The van der Waals surface area contributed by atoms with Crippen molar-refractivity contribution in [2.75, 3.05) is 0 Å². The number of nitrogens with zero attached hydrogens (tertiary/aromatic N) is 3. The summed E-state index contributed by atoms with van der Waals surface area (Å²) in [4.78, 5) is 10.8. The lowest BCUT2D eigenvalue weighted by Crippen LogP contribution is -2.04. The fourth-order valence-corrected chi connectivity index (χ4v) is 1.31. The largest absolute Gasteiger partial charge is 0.285 e. The molecule has 0 aromatic carbocycles. The minimum Gasteiger partial charge on any atom is -0.285 e. The van der Waals surface area contributed by atoms with Crippen molar-refractivity contribution in [1.29, 1.82) is 0 Å². The number of hydrogen-bond acceptors (Lipinski definition) is 4. The second-order valence-electron chi connectivity index (χ2n) is 3.43. The van der Waals surface area contributed by atoms with E-state index in [1.54, 1.807) is 12.2 Å². The third kappa shape index (κ3) is 2.74. The minimum atomic E-state index is -0.168. The van der Waals surface area contributed by atoms with Gasteiger partial charge in [0, 0.05) is 25.2 Å². The molecule has 1 amide bonds. The third-order valence-electron chi connectivity index (χ3n) is 2.19. The predicted octanol–water partition coefficient (Wildman–Crippen LogP) is 2.30. The molecule has 5 heteroatoms. The zero-order valence-corrected chi connectivity index (χ0v) is 8.58. The van der Waals surface area contributed by atoms with E-state index in [4.69, 9.17) is 5.21 Å². The number of rotatable bonds is 1. The van der Waals surface area contributed by atoms with E-state index in [1.165, 1.54) is 12.4 Å². The molecule has 2 aliphatic heterocycles. The molecule has 1 N–H and O–H groups in total. The van der Waals surface area contributed by atoms with Crippen LogP contribution in [0.3, 0.4) is 0 Å². The summed E-state index contributed by atoms with van der Waals surface area (Å²) in [6.07, 6.45) is 11.4. The van der Waals surface area contributed by atoms with Gasteiger partial charge in [-0.25, -0.2) is 5.06 Å². The first-order chi connectivity index (χ1) is 7.74. The first-order valence-electron chi connectivity index (χ1n) is 4.93. The summed E-state index contributed by atoms with van der Waals surface area (Å²) in [5, 5.41) is 17.3. The van der Waals surface area contributed by atoms with Crippen LogP contribution in [0.2, 0.25) is 0 Å². The molecular formula is C11H11N3O2. The lowest BCUT2D eigenvalue weighted by atomic mass is 10.1. The zero-order valence-electron chi connectivity index (χ0n) is 8.58. The van der Waals surface area contributed by atoms with Crippen LogP contribution in [-0.4, -0.2) is 16.2 Å². The van der Waals surface area contributed by atoms with Gasteiger partial charge in [0.05, 0.1) is 5.70 Å². The number of allylic oxidation sites excluding steroid dienone is 6. The molecule has 2 aliphatic rings. The van der Waals surface area contributed by atoms with E-state index in [1.807, 2.05) is 12.2 Å². The summed E-state index contributed by atoms with van der Waals surface area (Å²) in [6, 6.07) is 0. The molecule has 5 nitrogen and oxygen atoms in total. The molecule has 0 unspecified atom stereocenters. The molecule has 2 rings (SSSR count). The number of carbonyl (C=O) groups excluding carboxylic acids is 1. The Morgan fingerprint density at radius 3 is 2.56 bits per heavy atom. The molecule has 0 saturated carbocycles. The van der Waals surface area contributed by atoms with Crippen LogP contribution in [0.25, 0.3) is 0 Å². The molecule has 0 aromatic heterocycles. The molecule has 16 heavy (non-hydrogen) atoms. The Balaban J connectivity index is 2.06. The Kier molecular flexibility index (Phi) is 3.07. The summed E-state index contributed by atoms with van der Waals surface area (Å²) in [5.41, 5.74) is 1.74. The zero-order chi connectivity index (χ0) is 11.4. The van der Waals surface area contributed by atoms with E-state index in [-0.39, 0.29) is 5.91 Å². The normalized spacial score (nSPS) is 22.1. The van der Waals surface area contributed by atoms with E-state index in [9.17, 15) is 4.79 Å². The maximum Gasteiger partial charge on any atom is 0.265 e. The molecule has 0 bridgehead atoms. The smallest absolute Gasteiger partial charge is 0.265 e. The molecular weight excluding hydrogens is 206 g/mol. The van der Waals surface area contributed by atoms with Crippen molar-refractivity contribution in [1.82, 2.24) is 5.06 Å². The maximum atomic E-state index is 10.8. The number of amides is 1. The van der Waals surface area contributed by atoms with Crippen LogP contribution in [-0.2, 0) is 4.79 Å². The molecule has 0 radical (unpaired) electrons. The second kappa shape index (κ2) is 4.67. The van der Waals surface area contributed by atoms with Gasteiger partial charge in [-0.15, -0.1) is 5.11 Å². The highest BCUT2D eigenvalue weighted by Gasteiger charge is 2.08. The average Bonchev–Trinajstić information content (AvgIpc) is 2.30. The number of hydrogen-bond donors (Lipinski definition) is 1. The van der Waals surface area contributed by atoms with Gasteiger partial charge in [0.15, 0.2) is 0 Å². The van der Waals surface area contributed by atoms with Gasteiger partial charge in [0.1, 0.15) is 0 Å². The van der Waals surface area contributed by atoms with E-state index in [0.29, 0.717) is 12.8 Å². The standard InChI is InChI=1S/C11H11N3O2/c15-11-4-3-10(12-13-11)2-1-9-5-7-14(16)8-6-9/h1-2,5-8,16H,3-4H2. The van der Waals surface area contributed by atoms with Crippen LogP contribution in [0, 0.1) is 0 Å². The van der Waals surface area contributed by atoms with Crippen LogP contribution in [0.15, 0.2) is 58.2 Å². The van der Waals surface area contributed by atoms with Crippen molar-refractivity contribution in [2.24, 2.45) is 10.2 Å². The quantitative estimate of drug-likeness (QED) is 0.732. The Morgan fingerprint density at radius 2 is 1.94 bits per heavy atom. The van der Waals surface area contributed by atoms with Crippen molar-refractivity contribution in [3.8, 4) is 0 Å². The highest BCUT2D eigenvalue weighted by Crippen LogP contribution is 2.15. The molecule has 0 fully saturated rings. The molecule has 2 heterocycles. The number of azo groups is 1. The van der Waals surface area contributed by atoms with Crippen LogP contribution < -0.4 is 0 Å². The third-order valence-corrected chi connectivity index (χ3v) is 2.19. The monoisotopic (exact) mass is 217 g/mol. The Hall–Kier alpha value is -2.01. The van der Waals surface area contributed by atoms with Gasteiger partial charge >= 0.3 is 0 Å². The van der Waals surface area contributed by atoms with Gasteiger partial charge in [-0.3, -0.25) is 10.0 Å². The summed E-state index contributed by atoms with van der Waals surface area (Å²) in [6.45, 7) is 0. The van der Waals surface area contributed by atoms with Gasteiger partial charge in [-0.05, 0) is 23.8 Å². The molecule has 0 saturated heterocycles. The first kappa shape index (κ1) is 10.5. The van der Waals surface area contributed by atoms with Crippen LogP contribution >= 0.6 is 0 Å². The summed E-state index contributed by atoms with van der Waals surface area (Å²) in [7, 11) is 0. The topological polar surface area (TPSA) is 65.3 Å². The highest BCUT2D eigenvalue weighted by atomic mass is 16.5. The van der Waals surface area contributed by atoms with Crippen LogP contribution in [0.1, 0.15) is 12.8 Å². The second-order valence-corrected chi connectivity index (χ2v) is 3.43. The maximum absolute atomic E-state index is 10.8. The van der Waals surface area contributed by atoms with Crippen molar-refractivity contribution < 1.29 is 10.0 Å². The van der Waals surface area contributed by atoms with Gasteiger partial charge in [-0.2, -0.15) is 5.11 Å². The van der Waals surface area contributed by atoms with Gasteiger partial charge in [-0.1, -0.05) is 6.08 Å². The van der Waals surface area contributed by atoms with Crippen LogP contribution in [0.4, 0.5) is 0 Å². The summed E-state index contributed by atoms with van der Waals surface area (Å²) >= 11 is 0. The van der Waals surface area contributed by atoms with Crippen molar-refractivity contribution in [3.63, 3.8) is 0 Å². The van der Waals surface area contributed by atoms with Gasteiger partial charge in [0.25, 0.3) is 5.91 Å². The Bertz CT molecular complexity index is 428. The average molecular weight is 217 g/mol. The molecule has 0 aliphatic carbocycles. The van der Waals surface area contributed by atoms with Crippen molar-refractivity contribution in [2.45, 2.75) is 12.8 Å². The van der Waals surface area contributed by atoms with E-state index in [0.717, 1.165) is 16.3 Å². The molecule has 0 atom stereocenters. The molecule has 0 aromatic rings. The van der Waals surface area contributed by atoms with Crippen molar-refractivity contribution in [3.05, 3.63) is 48.0 Å². The van der Waals surface area contributed by atoms with E-state index < -0.39 is 0 Å². The SMILES string of the molecule is O=C1CCC(=CC=C2C=CN(O)C=C2)N=N1. The summed E-state index contributed by atoms with van der Waals surface area (Å²) in [5.74, 6) is -0.168. The highest BCUT2D eigenvalue weighted by molar-refractivity contribution is 5.77. The first-order valence-corrected chi connectivity index (χ1v) is 4.93. The minimum absolute atomic E-state index is 0.168. The molecule has 0 spiro atoms. The van der Waals surface area contributed by atoms with Crippen molar-refractivity contribution >= 4 is 5.91 Å². The van der Waals surface area contributed by atoms with E-state index >= 15 is 0 Å².